The van der Waals surface area contributed by atoms with Crippen molar-refractivity contribution in [1.29, 1.82) is 0 Å². The minimum atomic E-state index is -0.323. The first-order valence-corrected chi connectivity index (χ1v) is 5.76. The highest BCUT2D eigenvalue weighted by Crippen LogP contribution is 2.44. The standard InChI is InChI=1S/C13H14ClFO/c1-13(2)7-8(5-12(13)16)10-4-3-9(14)6-11(10)15/h3-4,6,8H,5,7H2,1-2H3/t8-/m0/s1. The number of benzene rings is 1. The lowest BCUT2D eigenvalue weighted by molar-refractivity contribution is -0.124. The number of ketones is 1. The Kier molecular flexibility index (Phi) is 2.79. The molecule has 86 valence electrons. The number of carbonyl (C=O) groups excluding carboxylic acids is 1. The van der Waals surface area contributed by atoms with Crippen molar-refractivity contribution in [3.05, 3.63) is 34.6 Å². The Labute approximate surface area is 99.6 Å². The van der Waals surface area contributed by atoms with Gasteiger partial charge < -0.3 is 0 Å². The van der Waals surface area contributed by atoms with Gasteiger partial charge in [-0.2, -0.15) is 0 Å². The maximum Gasteiger partial charge on any atom is 0.139 e. The molecule has 0 aromatic heterocycles. The zero-order chi connectivity index (χ0) is 11.9. The summed E-state index contributed by atoms with van der Waals surface area (Å²) in [5, 5.41) is 0.393. The first-order chi connectivity index (χ1) is 7.40. The molecule has 0 bridgehead atoms. The Bertz CT molecular complexity index is 440. The second kappa shape index (κ2) is 3.85. The van der Waals surface area contributed by atoms with Gasteiger partial charge in [0.15, 0.2) is 0 Å². The number of Topliss-reactive ketones (excluding diaryl/α,β-unsaturated/α-hetero) is 1. The molecule has 0 heterocycles. The lowest BCUT2D eigenvalue weighted by Crippen LogP contribution is -2.15. The van der Waals surface area contributed by atoms with Crippen LogP contribution in [0.1, 0.15) is 38.2 Å². The molecule has 0 aliphatic heterocycles. The third-order valence-electron chi connectivity index (χ3n) is 3.35. The fraction of sp³-hybridized carbons (Fsp3) is 0.462. The molecule has 0 radical (unpaired) electrons. The molecule has 1 aliphatic rings. The molecule has 0 N–H and O–H groups in total. The SMILES string of the molecule is CC1(C)C[C@@H](c2ccc(Cl)cc2F)CC1=O. The number of rotatable bonds is 1. The summed E-state index contributed by atoms with van der Waals surface area (Å²) < 4.78 is 13.7. The average Bonchev–Trinajstić information content (AvgIpc) is 2.40. The van der Waals surface area contributed by atoms with Gasteiger partial charge in [0.1, 0.15) is 11.6 Å². The van der Waals surface area contributed by atoms with Gasteiger partial charge in [0, 0.05) is 16.9 Å². The van der Waals surface area contributed by atoms with Gasteiger partial charge in [-0.3, -0.25) is 4.79 Å². The minimum Gasteiger partial charge on any atom is -0.299 e. The summed E-state index contributed by atoms with van der Waals surface area (Å²) >= 11 is 5.70. The second-order valence-corrected chi connectivity index (χ2v) is 5.51. The third kappa shape index (κ3) is 1.99. The zero-order valence-corrected chi connectivity index (χ0v) is 10.1. The maximum absolute atomic E-state index is 13.7. The molecule has 0 unspecified atom stereocenters. The van der Waals surface area contributed by atoms with E-state index in [1.807, 2.05) is 13.8 Å². The third-order valence-corrected chi connectivity index (χ3v) is 3.58. The van der Waals surface area contributed by atoms with Crippen LogP contribution in [0.2, 0.25) is 5.02 Å². The molecule has 1 nitrogen and oxygen atoms in total. The Morgan fingerprint density at radius 1 is 1.44 bits per heavy atom. The summed E-state index contributed by atoms with van der Waals surface area (Å²) in [6, 6.07) is 4.68. The molecule has 0 amide bonds. The van der Waals surface area contributed by atoms with E-state index >= 15 is 0 Å². The van der Waals surface area contributed by atoms with E-state index in [1.54, 1.807) is 12.1 Å². The fourth-order valence-corrected chi connectivity index (χ4v) is 2.51. The van der Waals surface area contributed by atoms with Crippen LogP contribution >= 0.6 is 11.6 Å². The van der Waals surface area contributed by atoms with E-state index in [9.17, 15) is 9.18 Å². The molecule has 0 saturated heterocycles. The summed E-state index contributed by atoms with van der Waals surface area (Å²) in [6.45, 7) is 3.84. The minimum absolute atomic E-state index is 0.000216. The molecule has 1 atom stereocenters. The largest absolute Gasteiger partial charge is 0.299 e. The Morgan fingerprint density at radius 3 is 2.62 bits per heavy atom. The molecule has 1 aliphatic carbocycles. The molecule has 2 rings (SSSR count). The van der Waals surface area contributed by atoms with Crippen LogP contribution in [0, 0.1) is 11.2 Å². The molecule has 3 heteroatoms. The van der Waals surface area contributed by atoms with Crippen molar-refractivity contribution in [2.45, 2.75) is 32.6 Å². The quantitative estimate of drug-likeness (QED) is 0.726. The summed E-state index contributed by atoms with van der Waals surface area (Å²) in [7, 11) is 0. The Hall–Kier alpha value is -0.890. The van der Waals surface area contributed by atoms with Crippen LogP contribution in [0.3, 0.4) is 0 Å². The second-order valence-electron chi connectivity index (χ2n) is 5.08. The van der Waals surface area contributed by atoms with Crippen molar-refractivity contribution in [3.63, 3.8) is 0 Å². The highest BCUT2D eigenvalue weighted by atomic mass is 35.5. The molecule has 0 spiro atoms. The first-order valence-electron chi connectivity index (χ1n) is 5.38. The molecule has 1 fully saturated rings. The van der Waals surface area contributed by atoms with E-state index in [0.29, 0.717) is 23.4 Å². The van der Waals surface area contributed by atoms with E-state index in [1.165, 1.54) is 6.07 Å². The van der Waals surface area contributed by atoms with Crippen molar-refractivity contribution in [2.24, 2.45) is 5.41 Å². The Morgan fingerprint density at radius 2 is 2.12 bits per heavy atom. The van der Waals surface area contributed by atoms with Gasteiger partial charge in [-0.25, -0.2) is 4.39 Å². The number of hydrogen-bond donors (Lipinski definition) is 0. The van der Waals surface area contributed by atoms with Crippen LogP contribution in [0.25, 0.3) is 0 Å². The highest BCUT2D eigenvalue weighted by Gasteiger charge is 2.40. The molecule has 1 aromatic rings. The predicted molar refractivity (Wildman–Crippen MR) is 62.2 cm³/mol. The molecule has 1 saturated carbocycles. The van der Waals surface area contributed by atoms with Crippen LogP contribution in [0.15, 0.2) is 18.2 Å². The van der Waals surface area contributed by atoms with Crippen LogP contribution < -0.4 is 0 Å². The van der Waals surface area contributed by atoms with Crippen molar-refractivity contribution in [1.82, 2.24) is 0 Å². The molecule has 16 heavy (non-hydrogen) atoms. The zero-order valence-electron chi connectivity index (χ0n) is 9.39. The number of halogens is 2. The van der Waals surface area contributed by atoms with Gasteiger partial charge >= 0.3 is 0 Å². The van der Waals surface area contributed by atoms with Crippen LogP contribution in [-0.2, 0) is 4.79 Å². The van der Waals surface area contributed by atoms with Crippen LogP contribution in [0.4, 0.5) is 4.39 Å². The summed E-state index contributed by atoms with van der Waals surface area (Å²) in [4.78, 5) is 11.7. The number of carbonyl (C=O) groups is 1. The maximum atomic E-state index is 13.7. The summed E-state index contributed by atoms with van der Waals surface area (Å²) in [5.74, 6) is -0.0883. The van der Waals surface area contributed by atoms with Crippen molar-refractivity contribution in [2.75, 3.05) is 0 Å². The summed E-state index contributed by atoms with van der Waals surface area (Å²) in [6.07, 6.45) is 1.15. The van der Waals surface area contributed by atoms with Crippen LogP contribution in [-0.4, -0.2) is 5.78 Å². The molecular formula is C13H14ClFO. The van der Waals surface area contributed by atoms with E-state index < -0.39 is 0 Å². The lowest BCUT2D eigenvalue weighted by atomic mass is 9.88. The van der Waals surface area contributed by atoms with Gasteiger partial charge in [0.2, 0.25) is 0 Å². The normalized spacial score (nSPS) is 23.8. The molecule has 1 aromatic carbocycles. The van der Waals surface area contributed by atoms with Gasteiger partial charge in [0.25, 0.3) is 0 Å². The van der Waals surface area contributed by atoms with Crippen LogP contribution in [0.5, 0.6) is 0 Å². The van der Waals surface area contributed by atoms with E-state index in [-0.39, 0.29) is 22.9 Å². The smallest absolute Gasteiger partial charge is 0.139 e. The summed E-state index contributed by atoms with van der Waals surface area (Å²) in [5.41, 5.74) is 0.292. The monoisotopic (exact) mass is 240 g/mol. The molecular weight excluding hydrogens is 227 g/mol. The average molecular weight is 241 g/mol. The van der Waals surface area contributed by atoms with Gasteiger partial charge in [-0.15, -0.1) is 0 Å². The number of hydrogen-bond acceptors (Lipinski definition) is 1. The van der Waals surface area contributed by atoms with E-state index in [2.05, 4.69) is 0 Å². The van der Waals surface area contributed by atoms with Crippen molar-refractivity contribution in [3.8, 4) is 0 Å². The lowest BCUT2D eigenvalue weighted by Gasteiger charge is -2.16. The fourth-order valence-electron chi connectivity index (χ4n) is 2.35. The van der Waals surface area contributed by atoms with E-state index in [0.717, 1.165) is 0 Å². The Balaban J connectivity index is 2.30. The highest BCUT2D eigenvalue weighted by molar-refractivity contribution is 6.30. The van der Waals surface area contributed by atoms with Gasteiger partial charge in [-0.1, -0.05) is 31.5 Å². The van der Waals surface area contributed by atoms with Gasteiger partial charge in [0.05, 0.1) is 0 Å². The van der Waals surface area contributed by atoms with E-state index in [4.69, 9.17) is 11.6 Å². The van der Waals surface area contributed by atoms with Gasteiger partial charge in [-0.05, 0) is 30.0 Å². The first kappa shape index (κ1) is 11.6. The topological polar surface area (TPSA) is 17.1 Å². The predicted octanol–water partition coefficient (Wildman–Crippen LogP) is 3.95. The van der Waals surface area contributed by atoms with Crippen molar-refractivity contribution < 1.29 is 9.18 Å². The van der Waals surface area contributed by atoms with Crippen molar-refractivity contribution >= 4 is 17.4 Å².